The zero-order chi connectivity index (χ0) is 14.1. The summed E-state index contributed by atoms with van der Waals surface area (Å²) in [5, 5.41) is 3.74. The van der Waals surface area contributed by atoms with Crippen LogP contribution in [0.15, 0.2) is 22.7 Å². The quantitative estimate of drug-likeness (QED) is 0.694. The van der Waals surface area contributed by atoms with Gasteiger partial charge in [0.2, 0.25) is 5.89 Å². The second kappa shape index (κ2) is 5.20. The Morgan fingerprint density at radius 2 is 2.20 bits per heavy atom. The van der Waals surface area contributed by atoms with Gasteiger partial charge in [-0.15, -0.1) is 11.6 Å². The highest BCUT2D eigenvalue weighted by Crippen LogP contribution is 2.20. The third kappa shape index (κ3) is 2.27. The van der Waals surface area contributed by atoms with Crippen molar-refractivity contribution in [2.75, 3.05) is 0 Å². The maximum absolute atomic E-state index is 13.7. The molecule has 0 aliphatic rings. The van der Waals surface area contributed by atoms with Crippen molar-refractivity contribution < 1.29 is 8.91 Å². The summed E-state index contributed by atoms with van der Waals surface area (Å²) in [6, 6.07) is 4.87. The van der Waals surface area contributed by atoms with E-state index in [0.717, 1.165) is 5.52 Å². The molecule has 2 heterocycles. The number of halogens is 2. The van der Waals surface area contributed by atoms with Crippen molar-refractivity contribution in [3.8, 4) is 0 Å². The van der Waals surface area contributed by atoms with E-state index >= 15 is 0 Å². The minimum absolute atomic E-state index is 0.219. The summed E-state index contributed by atoms with van der Waals surface area (Å²) < 4.78 is 20.7. The molecule has 7 heteroatoms. The third-order valence-corrected chi connectivity index (χ3v) is 3.29. The molecule has 0 saturated heterocycles. The number of alkyl halides is 1. The number of para-hydroxylation sites is 1. The minimum Gasteiger partial charge on any atom is -0.339 e. The van der Waals surface area contributed by atoms with Gasteiger partial charge in [0.05, 0.1) is 11.4 Å². The zero-order valence-electron chi connectivity index (χ0n) is 10.8. The van der Waals surface area contributed by atoms with E-state index in [-0.39, 0.29) is 11.7 Å². The summed E-state index contributed by atoms with van der Waals surface area (Å²) >= 11 is 5.88. The van der Waals surface area contributed by atoms with Crippen molar-refractivity contribution in [3.05, 3.63) is 41.6 Å². The molecule has 0 unspecified atom stereocenters. The van der Waals surface area contributed by atoms with E-state index in [4.69, 9.17) is 16.1 Å². The SMILES string of the molecule is Cc1noc(CCn2c(CCl)nc3c(F)cccc32)n1. The van der Waals surface area contributed by atoms with E-state index in [2.05, 4.69) is 15.1 Å². The van der Waals surface area contributed by atoms with E-state index in [1.54, 1.807) is 13.0 Å². The predicted molar refractivity (Wildman–Crippen MR) is 72.0 cm³/mol. The van der Waals surface area contributed by atoms with Crippen LogP contribution >= 0.6 is 11.6 Å². The lowest BCUT2D eigenvalue weighted by molar-refractivity contribution is 0.368. The van der Waals surface area contributed by atoms with Gasteiger partial charge in [0, 0.05) is 13.0 Å². The number of hydrogen-bond donors (Lipinski definition) is 0. The van der Waals surface area contributed by atoms with E-state index in [0.29, 0.717) is 36.0 Å². The van der Waals surface area contributed by atoms with Crippen LogP contribution in [0.4, 0.5) is 4.39 Å². The van der Waals surface area contributed by atoms with Gasteiger partial charge in [-0.25, -0.2) is 9.37 Å². The zero-order valence-corrected chi connectivity index (χ0v) is 11.6. The molecule has 104 valence electrons. The number of imidazole rings is 1. The third-order valence-electron chi connectivity index (χ3n) is 3.05. The summed E-state index contributed by atoms with van der Waals surface area (Å²) in [5.41, 5.74) is 1.06. The number of benzene rings is 1. The van der Waals surface area contributed by atoms with Gasteiger partial charge >= 0.3 is 0 Å². The molecule has 3 aromatic rings. The molecule has 3 rings (SSSR count). The topological polar surface area (TPSA) is 56.7 Å². The molecular formula is C13H12ClFN4O. The number of fused-ring (bicyclic) bond motifs is 1. The van der Waals surface area contributed by atoms with Gasteiger partial charge in [0.15, 0.2) is 11.6 Å². The van der Waals surface area contributed by atoms with Crippen LogP contribution in [0.1, 0.15) is 17.5 Å². The normalized spacial score (nSPS) is 11.3. The first-order valence-electron chi connectivity index (χ1n) is 6.18. The highest BCUT2D eigenvalue weighted by atomic mass is 35.5. The number of aromatic nitrogens is 4. The smallest absolute Gasteiger partial charge is 0.228 e. The van der Waals surface area contributed by atoms with Crippen molar-refractivity contribution in [2.45, 2.75) is 25.8 Å². The predicted octanol–water partition coefficient (Wildman–Crippen LogP) is 2.85. The van der Waals surface area contributed by atoms with E-state index < -0.39 is 0 Å². The fraction of sp³-hybridized carbons (Fsp3) is 0.308. The van der Waals surface area contributed by atoms with Crippen molar-refractivity contribution in [3.63, 3.8) is 0 Å². The fourth-order valence-corrected chi connectivity index (χ4v) is 2.37. The Morgan fingerprint density at radius 3 is 2.90 bits per heavy atom. The molecule has 0 atom stereocenters. The molecule has 0 N–H and O–H groups in total. The summed E-state index contributed by atoms with van der Waals surface area (Å²) in [7, 11) is 0. The van der Waals surface area contributed by atoms with Crippen LogP contribution in [0.25, 0.3) is 11.0 Å². The van der Waals surface area contributed by atoms with Gasteiger partial charge in [0.1, 0.15) is 11.3 Å². The van der Waals surface area contributed by atoms with E-state index in [9.17, 15) is 4.39 Å². The van der Waals surface area contributed by atoms with Crippen molar-refractivity contribution >= 4 is 22.6 Å². The number of rotatable bonds is 4. The Bertz CT molecular complexity index is 752. The highest BCUT2D eigenvalue weighted by Gasteiger charge is 2.14. The van der Waals surface area contributed by atoms with Gasteiger partial charge in [-0.2, -0.15) is 4.98 Å². The highest BCUT2D eigenvalue weighted by molar-refractivity contribution is 6.16. The Morgan fingerprint density at radius 1 is 1.35 bits per heavy atom. The van der Waals surface area contributed by atoms with Crippen LogP contribution in [0.2, 0.25) is 0 Å². The second-order valence-corrected chi connectivity index (χ2v) is 4.67. The molecule has 2 aromatic heterocycles. The van der Waals surface area contributed by atoms with Gasteiger partial charge < -0.3 is 9.09 Å². The van der Waals surface area contributed by atoms with E-state index in [1.807, 2.05) is 10.6 Å². The summed E-state index contributed by atoms with van der Waals surface area (Å²) in [5.74, 6) is 1.64. The molecule has 0 radical (unpaired) electrons. The van der Waals surface area contributed by atoms with Crippen LogP contribution in [0.3, 0.4) is 0 Å². The maximum Gasteiger partial charge on any atom is 0.228 e. The van der Waals surface area contributed by atoms with Crippen LogP contribution in [-0.2, 0) is 18.8 Å². The Labute approximate surface area is 119 Å². The maximum atomic E-state index is 13.7. The standard InChI is InChI=1S/C13H12ClFN4O/c1-8-16-12(20-18-8)5-6-19-10-4-2-3-9(15)13(10)17-11(19)7-14/h2-4H,5-7H2,1H3. The Balaban J connectivity index is 1.95. The molecule has 0 aliphatic heterocycles. The first-order chi connectivity index (χ1) is 9.69. The monoisotopic (exact) mass is 294 g/mol. The lowest BCUT2D eigenvalue weighted by atomic mass is 10.3. The fourth-order valence-electron chi connectivity index (χ4n) is 2.16. The van der Waals surface area contributed by atoms with Crippen LogP contribution in [0.5, 0.6) is 0 Å². The first kappa shape index (κ1) is 13.1. The summed E-state index contributed by atoms with van der Waals surface area (Å²) in [4.78, 5) is 8.38. The Kier molecular flexibility index (Phi) is 3.40. The average molecular weight is 295 g/mol. The second-order valence-electron chi connectivity index (χ2n) is 4.41. The molecular weight excluding hydrogens is 283 g/mol. The lowest BCUT2D eigenvalue weighted by Gasteiger charge is -2.05. The molecule has 0 saturated carbocycles. The molecule has 20 heavy (non-hydrogen) atoms. The van der Waals surface area contributed by atoms with Gasteiger partial charge in [0.25, 0.3) is 0 Å². The molecule has 1 aromatic carbocycles. The first-order valence-corrected chi connectivity index (χ1v) is 6.71. The van der Waals surface area contributed by atoms with E-state index in [1.165, 1.54) is 6.07 Å². The van der Waals surface area contributed by atoms with Crippen molar-refractivity contribution in [2.24, 2.45) is 0 Å². The molecule has 0 fully saturated rings. The summed E-state index contributed by atoms with van der Waals surface area (Å²) in [6.45, 7) is 2.32. The molecule has 0 amide bonds. The Hall–Kier alpha value is -1.95. The van der Waals surface area contributed by atoms with Gasteiger partial charge in [-0.05, 0) is 19.1 Å². The van der Waals surface area contributed by atoms with Crippen LogP contribution < -0.4 is 0 Å². The van der Waals surface area contributed by atoms with Crippen LogP contribution in [-0.4, -0.2) is 19.7 Å². The summed E-state index contributed by atoms with van der Waals surface area (Å²) in [6.07, 6.45) is 0.548. The molecule has 5 nitrogen and oxygen atoms in total. The average Bonchev–Trinajstić information content (AvgIpc) is 3.01. The molecule has 0 bridgehead atoms. The largest absolute Gasteiger partial charge is 0.339 e. The van der Waals surface area contributed by atoms with Crippen molar-refractivity contribution in [1.82, 2.24) is 19.7 Å². The lowest BCUT2D eigenvalue weighted by Crippen LogP contribution is -2.05. The number of aryl methyl sites for hydroxylation is 3. The molecule has 0 spiro atoms. The minimum atomic E-state index is -0.346. The van der Waals surface area contributed by atoms with Gasteiger partial charge in [-0.1, -0.05) is 11.2 Å². The molecule has 0 aliphatic carbocycles. The number of hydrogen-bond acceptors (Lipinski definition) is 4. The van der Waals surface area contributed by atoms with Gasteiger partial charge in [-0.3, -0.25) is 0 Å². The van der Waals surface area contributed by atoms with Crippen molar-refractivity contribution in [1.29, 1.82) is 0 Å². The number of nitrogens with zero attached hydrogens (tertiary/aromatic N) is 4. The van der Waals surface area contributed by atoms with Crippen LogP contribution in [0, 0.1) is 12.7 Å².